The summed E-state index contributed by atoms with van der Waals surface area (Å²) in [5.41, 5.74) is 0. The first kappa shape index (κ1) is 13.4. The zero-order chi connectivity index (χ0) is 10.1. The predicted molar refractivity (Wildman–Crippen MR) is 61.6 cm³/mol. The molecule has 13 heavy (non-hydrogen) atoms. The molecule has 0 aromatic rings. The van der Waals surface area contributed by atoms with Crippen LogP contribution in [0.25, 0.3) is 0 Å². The molecule has 0 N–H and O–H groups in total. The van der Waals surface area contributed by atoms with Crippen molar-refractivity contribution in [3.05, 3.63) is 0 Å². The highest BCUT2D eigenvalue weighted by molar-refractivity contribution is 9.09. The van der Waals surface area contributed by atoms with Gasteiger partial charge in [-0.1, -0.05) is 15.9 Å². The molecular formula is C10H22BrNO. The van der Waals surface area contributed by atoms with Crippen LogP contribution < -0.4 is 0 Å². The normalized spacial score (nSPS) is 11.5. The van der Waals surface area contributed by atoms with Crippen LogP contribution >= 0.6 is 15.9 Å². The average Bonchev–Trinajstić information content (AvgIpc) is 2.10. The van der Waals surface area contributed by atoms with Gasteiger partial charge in [0.15, 0.2) is 0 Å². The zero-order valence-electron chi connectivity index (χ0n) is 9.05. The fraction of sp³-hybridized carbons (Fsp3) is 1.00. The van der Waals surface area contributed by atoms with Gasteiger partial charge in [-0.2, -0.15) is 0 Å². The number of nitrogens with zero attached hydrogens (tertiary/aromatic N) is 1. The van der Waals surface area contributed by atoms with Crippen molar-refractivity contribution in [2.75, 3.05) is 32.1 Å². The van der Waals surface area contributed by atoms with Crippen LogP contribution in [0.1, 0.15) is 26.7 Å². The second-order valence-electron chi connectivity index (χ2n) is 3.52. The fourth-order valence-corrected chi connectivity index (χ4v) is 1.64. The maximum atomic E-state index is 5.08. The first-order chi connectivity index (χ1) is 6.22. The van der Waals surface area contributed by atoms with E-state index in [1.165, 1.54) is 19.4 Å². The maximum absolute atomic E-state index is 5.08. The van der Waals surface area contributed by atoms with Crippen LogP contribution in [0.5, 0.6) is 0 Å². The first-order valence-electron chi connectivity index (χ1n) is 5.01. The second kappa shape index (κ2) is 8.97. The second-order valence-corrected chi connectivity index (χ2v) is 4.31. The third kappa shape index (κ3) is 7.47. The molecule has 0 radical (unpaired) electrons. The third-order valence-corrected chi connectivity index (χ3v) is 2.70. The van der Waals surface area contributed by atoms with E-state index in [9.17, 15) is 0 Å². The lowest BCUT2D eigenvalue weighted by molar-refractivity contribution is 0.128. The molecule has 0 unspecified atom stereocenters. The Balaban J connectivity index is 3.54. The van der Waals surface area contributed by atoms with Gasteiger partial charge in [-0.15, -0.1) is 0 Å². The molecule has 0 aliphatic heterocycles. The molecule has 0 aliphatic rings. The van der Waals surface area contributed by atoms with E-state index in [0.717, 1.165) is 18.5 Å². The Morgan fingerprint density at radius 1 is 1.23 bits per heavy atom. The van der Waals surface area contributed by atoms with Crippen molar-refractivity contribution in [2.45, 2.75) is 32.7 Å². The molecule has 3 heteroatoms. The standard InChI is InChI=1S/C10H22BrNO/c1-10(2)12(8-9-13-3)7-5-4-6-11/h10H,4-9H2,1-3H3. The number of alkyl halides is 1. The van der Waals surface area contributed by atoms with Crippen molar-refractivity contribution < 1.29 is 4.74 Å². The van der Waals surface area contributed by atoms with Crippen molar-refractivity contribution >= 4 is 15.9 Å². The predicted octanol–water partition coefficient (Wildman–Crippen LogP) is 2.52. The van der Waals surface area contributed by atoms with E-state index < -0.39 is 0 Å². The fourth-order valence-electron chi connectivity index (χ4n) is 1.25. The van der Waals surface area contributed by atoms with Crippen molar-refractivity contribution in [3.8, 4) is 0 Å². The van der Waals surface area contributed by atoms with E-state index in [4.69, 9.17) is 4.74 Å². The lowest BCUT2D eigenvalue weighted by atomic mass is 10.2. The minimum Gasteiger partial charge on any atom is -0.383 e. The number of unbranched alkanes of at least 4 members (excludes halogenated alkanes) is 1. The van der Waals surface area contributed by atoms with Gasteiger partial charge in [0.2, 0.25) is 0 Å². The van der Waals surface area contributed by atoms with Crippen LogP contribution in [0.2, 0.25) is 0 Å². The number of halogens is 1. The highest BCUT2D eigenvalue weighted by atomic mass is 79.9. The monoisotopic (exact) mass is 251 g/mol. The molecule has 0 aliphatic carbocycles. The molecule has 0 bridgehead atoms. The van der Waals surface area contributed by atoms with Crippen molar-refractivity contribution in [3.63, 3.8) is 0 Å². The Morgan fingerprint density at radius 2 is 1.92 bits per heavy atom. The molecule has 0 saturated carbocycles. The summed E-state index contributed by atoms with van der Waals surface area (Å²) in [6.07, 6.45) is 2.53. The molecule has 0 saturated heterocycles. The summed E-state index contributed by atoms with van der Waals surface area (Å²) < 4.78 is 5.08. The summed E-state index contributed by atoms with van der Waals surface area (Å²) in [6, 6.07) is 0.630. The molecular weight excluding hydrogens is 230 g/mol. The van der Waals surface area contributed by atoms with Crippen LogP contribution in [-0.2, 0) is 4.74 Å². The molecule has 0 amide bonds. The lowest BCUT2D eigenvalue weighted by Gasteiger charge is -2.25. The Morgan fingerprint density at radius 3 is 2.38 bits per heavy atom. The van der Waals surface area contributed by atoms with E-state index in [1.807, 2.05) is 0 Å². The number of ether oxygens (including phenoxy) is 1. The van der Waals surface area contributed by atoms with Gasteiger partial charge >= 0.3 is 0 Å². The first-order valence-corrected chi connectivity index (χ1v) is 6.13. The maximum Gasteiger partial charge on any atom is 0.0589 e. The zero-order valence-corrected chi connectivity index (χ0v) is 10.6. The van der Waals surface area contributed by atoms with Crippen molar-refractivity contribution in [2.24, 2.45) is 0 Å². The quantitative estimate of drug-likeness (QED) is 0.486. The molecule has 0 fully saturated rings. The summed E-state index contributed by atoms with van der Waals surface area (Å²) in [5, 5.41) is 1.11. The summed E-state index contributed by atoms with van der Waals surface area (Å²) in [6.45, 7) is 7.56. The molecule has 0 atom stereocenters. The molecule has 2 nitrogen and oxygen atoms in total. The van der Waals surface area contributed by atoms with Gasteiger partial charge in [0.25, 0.3) is 0 Å². The summed E-state index contributed by atoms with van der Waals surface area (Å²) in [7, 11) is 1.76. The van der Waals surface area contributed by atoms with E-state index in [1.54, 1.807) is 7.11 Å². The van der Waals surface area contributed by atoms with E-state index in [0.29, 0.717) is 6.04 Å². The van der Waals surface area contributed by atoms with Gasteiger partial charge in [0.1, 0.15) is 0 Å². The Hall–Kier alpha value is 0.400. The molecule has 80 valence electrons. The largest absolute Gasteiger partial charge is 0.383 e. The number of hydrogen-bond acceptors (Lipinski definition) is 2. The molecule has 0 spiro atoms. The Kier molecular flexibility index (Phi) is 9.25. The third-order valence-electron chi connectivity index (χ3n) is 2.14. The molecule has 0 heterocycles. The van der Waals surface area contributed by atoms with Crippen molar-refractivity contribution in [1.29, 1.82) is 0 Å². The van der Waals surface area contributed by atoms with Crippen LogP contribution in [0.15, 0.2) is 0 Å². The minimum atomic E-state index is 0.630. The van der Waals surface area contributed by atoms with Gasteiger partial charge in [-0.05, 0) is 33.2 Å². The van der Waals surface area contributed by atoms with Gasteiger partial charge in [-0.25, -0.2) is 0 Å². The number of rotatable bonds is 8. The van der Waals surface area contributed by atoms with Gasteiger partial charge in [0.05, 0.1) is 6.61 Å². The van der Waals surface area contributed by atoms with Gasteiger partial charge in [0, 0.05) is 25.0 Å². The number of hydrogen-bond donors (Lipinski definition) is 0. The van der Waals surface area contributed by atoms with Crippen molar-refractivity contribution in [1.82, 2.24) is 4.90 Å². The van der Waals surface area contributed by atoms with E-state index >= 15 is 0 Å². The van der Waals surface area contributed by atoms with Crippen LogP contribution in [0.4, 0.5) is 0 Å². The van der Waals surface area contributed by atoms with Gasteiger partial charge in [-0.3, -0.25) is 4.90 Å². The summed E-state index contributed by atoms with van der Waals surface area (Å²) >= 11 is 3.45. The van der Waals surface area contributed by atoms with Crippen LogP contribution in [-0.4, -0.2) is 43.1 Å². The highest BCUT2D eigenvalue weighted by Gasteiger charge is 2.07. The molecule has 0 aromatic carbocycles. The minimum absolute atomic E-state index is 0.630. The Labute approximate surface area is 90.8 Å². The number of methoxy groups -OCH3 is 1. The summed E-state index contributed by atoms with van der Waals surface area (Å²) in [5.74, 6) is 0. The average molecular weight is 252 g/mol. The van der Waals surface area contributed by atoms with Crippen LogP contribution in [0, 0.1) is 0 Å². The lowest BCUT2D eigenvalue weighted by Crippen LogP contribution is -2.34. The SMILES string of the molecule is COCCN(CCCCBr)C(C)C. The van der Waals surface area contributed by atoms with E-state index in [2.05, 4.69) is 34.7 Å². The topological polar surface area (TPSA) is 12.5 Å². The molecule has 0 rings (SSSR count). The highest BCUT2D eigenvalue weighted by Crippen LogP contribution is 2.02. The molecule has 0 aromatic heterocycles. The van der Waals surface area contributed by atoms with Gasteiger partial charge < -0.3 is 4.74 Å². The Bertz CT molecular complexity index is 109. The summed E-state index contributed by atoms with van der Waals surface area (Å²) in [4.78, 5) is 2.46. The smallest absolute Gasteiger partial charge is 0.0589 e. The van der Waals surface area contributed by atoms with Crippen LogP contribution in [0.3, 0.4) is 0 Å². The van der Waals surface area contributed by atoms with E-state index in [-0.39, 0.29) is 0 Å².